The molecule has 1 heterocycles. The maximum atomic E-state index is 12.7. The fourth-order valence-corrected chi connectivity index (χ4v) is 3.36. The molecule has 1 fully saturated rings. The number of hydrogen-bond acceptors (Lipinski definition) is 4. The minimum Gasteiger partial charge on any atom is -0.508 e. The second kappa shape index (κ2) is 7.89. The van der Waals surface area contributed by atoms with Crippen LogP contribution in [0, 0.1) is 0 Å². The fourth-order valence-electron chi connectivity index (χ4n) is 3.23. The van der Waals surface area contributed by atoms with Gasteiger partial charge in [0.05, 0.1) is 12.1 Å². The third-order valence-electron chi connectivity index (χ3n) is 4.58. The molecule has 0 aliphatic carbocycles. The molecule has 1 aliphatic rings. The number of halogens is 1. The number of aromatic hydroxyl groups is 1. The van der Waals surface area contributed by atoms with E-state index in [4.69, 9.17) is 11.6 Å². The van der Waals surface area contributed by atoms with E-state index in [1.807, 2.05) is 12.1 Å². The number of aliphatic hydroxyl groups is 1. The average molecular weight is 374 g/mol. The normalized spacial score (nSPS) is 19.5. The van der Waals surface area contributed by atoms with Crippen molar-refractivity contribution in [3.05, 3.63) is 64.7 Å². The molecule has 1 aliphatic heterocycles. The molecule has 1 saturated heterocycles. The summed E-state index contributed by atoms with van der Waals surface area (Å²) in [6.07, 6.45) is 0.351. The second-order valence-corrected chi connectivity index (χ2v) is 6.94. The third kappa shape index (κ3) is 4.23. The van der Waals surface area contributed by atoms with Crippen molar-refractivity contribution >= 4 is 23.3 Å². The zero-order valence-electron chi connectivity index (χ0n) is 14.1. The summed E-state index contributed by atoms with van der Waals surface area (Å²) in [4.78, 5) is 26.8. The van der Waals surface area contributed by atoms with E-state index in [1.165, 1.54) is 17.0 Å². The molecule has 2 atom stereocenters. The van der Waals surface area contributed by atoms with Crippen LogP contribution in [-0.2, 0) is 11.2 Å². The minimum absolute atomic E-state index is 0.0128. The molecular weight excluding hydrogens is 354 g/mol. The Morgan fingerprint density at radius 1 is 1.15 bits per heavy atom. The number of phenols is 1. The minimum atomic E-state index is -0.722. The first-order chi connectivity index (χ1) is 12.4. The average Bonchev–Trinajstić information content (AvgIpc) is 3.02. The Morgan fingerprint density at radius 3 is 2.58 bits per heavy atom. The maximum absolute atomic E-state index is 12.7. The number of nitrogens with zero attached hydrogens (tertiary/aromatic N) is 1. The van der Waals surface area contributed by atoms with Crippen molar-refractivity contribution in [1.82, 2.24) is 4.90 Å². The molecule has 0 radical (unpaired) electrons. The van der Waals surface area contributed by atoms with E-state index in [2.05, 4.69) is 0 Å². The van der Waals surface area contributed by atoms with E-state index in [0.717, 1.165) is 5.56 Å². The van der Waals surface area contributed by atoms with Gasteiger partial charge in [-0.2, -0.15) is 0 Å². The summed E-state index contributed by atoms with van der Waals surface area (Å²) in [5.41, 5.74) is 1.29. The number of benzene rings is 2. The molecule has 0 bridgehead atoms. The molecule has 2 N–H and O–H groups in total. The number of β-amino-alcohol motifs (C(OH)–C–C–N with tert-alkyl or cyclic N) is 1. The molecule has 1 amide bonds. The van der Waals surface area contributed by atoms with Crippen LogP contribution in [0.1, 0.15) is 28.8 Å². The first-order valence-corrected chi connectivity index (χ1v) is 8.87. The number of likely N-dealkylation sites (tertiary alicyclic amines) is 1. The Bertz CT molecular complexity index is 806. The highest BCUT2D eigenvalue weighted by atomic mass is 35.5. The van der Waals surface area contributed by atoms with Gasteiger partial charge in [0, 0.05) is 30.0 Å². The summed E-state index contributed by atoms with van der Waals surface area (Å²) in [6.45, 7) is 0.117. The Balaban J connectivity index is 1.69. The highest BCUT2D eigenvalue weighted by Crippen LogP contribution is 2.24. The first kappa shape index (κ1) is 18.4. The molecule has 0 saturated carbocycles. The Hall–Kier alpha value is -2.37. The van der Waals surface area contributed by atoms with Gasteiger partial charge in [-0.3, -0.25) is 9.59 Å². The van der Waals surface area contributed by atoms with Gasteiger partial charge in [-0.15, -0.1) is 0 Å². The van der Waals surface area contributed by atoms with Gasteiger partial charge in [-0.05, 0) is 42.3 Å². The van der Waals surface area contributed by atoms with Crippen LogP contribution in [0.2, 0.25) is 5.02 Å². The summed E-state index contributed by atoms with van der Waals surface area (Å²) in [7, 11) is 0. The van der Waals surface area contributed by atoms with Crippen LogP contribution < -0.4 is 0 Å². The Kier molecular flexibility index (Phi) is 5.59. The van der Waals surface area contributed by atoms with Crippen molar-refractivity contribution < 1.29 is 19.8 Å². The SMILES string of the molecule is O=C(CCc1ccc(Cl)cc1)[C@@H]1C[C@@H](O)CN1C(=O)c1cccc(O)c1. The molecule has 0 unspecified atom stereocenters. The van der Waals surface area contributed by atoms with Crippen molar-refractivity contribution in [2.75, 3.05) is 6.54 Å². The van der Waals surface area contributed by atoms with Crippen LogP contribution >= 0.6 is 11.6 Å². The number of rotatable bonds is 5. The molecule has 26 heavy (non-hydrogen) atoms. The summed E-state index contributed by atoms with van der Waals surface area (Å²) < 4.78 is 0. The van der Waals surface area contributed by atoms with Gasteiger partial charge >= 0.3 is 0 Å². The predicted octanol–water partition coefficient (Wildman–Crippen LogP) is 2.82. The lowest BCUT2D eigenvalue weighted by atomic mass is 10.0. The summed E-state index contributed by atoms with van der Waals surface area (Å²) in [5.74, 6) is -0.450. The number of ketones is 1. The largest absolute Gasteiger partial charge is 0.508 e. The molecule has 3 rings (SSSR count). The molecule has 2 aromatic carbocycles. The third-order valence-corrected chi connectivity index (χ3v) is 4.83. The van der Waals surface area contributed by atoms with Crippen LogP contribution in [0.3, 0.4) is 0 Å². The monoisotopic (exact) mass is 373 g/mol. The zero-order chi connectivity index (χ0) is 18.7. The molecule has 2 aromatic rings. The van der Waals surface area contributed by atoms with Gasteiger partial charge in [0.15, 0.2) is 5.78 Å². The van der Waals surface area contributed by atoms with Gasteiger partial charge in [0.25, 0.3) is 5.91 Å². The summed E-state index contributed by atoms with van der Waals surface area (Å²) >= 11 is 5.86. The topological polar surface area (TPSA) is 77.8 Å². The second-order valence-electron chi connectivity index (χ2n) is 6.51. The number of phenolic OH excluding ortho intramolecular Hbond substituents is 1. The lowest BCUT2D eigenvalue weighted by molar-refractivity contribution is -0.122. The van der Waals surface area contributed by atoms with Gasteiger partial charge in [0.1, 0.15) is 5.75 Å². The van der Waals surface area contributed by atoms with Crippen LogP contribution in [0.4, 0.5) is 0 Å². The highest BCUT2D eigenvalue weighted by Gasteiger charge is 2.38. The highest BCUT2D eigenvalue weighted by molar-refractivity contribution is 6.30. The van der Waals surface area contributed by atoms with Crippen LogP contribution in [-0.4, -0.2) is 45.5 Å². The molecule has 6 heteroatoms. The number of carbonyl (C=O) groups is 2. The molecule has 0 aromatic heterocycles. The quantitative estimate of drug-likeness (QED) is 0.844. The zero-order valence-corrected chi connectivity index (χ0v) is 14.9. The van der Waals surface area contributed by atoms with Gasteiger partial charge in [-0.1, -0.05) is 29.8 Å². The van der Waals surface area contributed by atoms with E-state index in [9.17, 15) is 19.8 Å². The molecule has 136 valence electrons. The van der Waals surface area contributed by atoms with E-state index in [1.54, 1.807) is 24.3 Å². The lowest BCUT2D eigenvalue weighted by Crippen LogP contribution is -2.40. The molecule has 5 nitrogen and oxygen atoms in total. The summed E-state index contributed by atoms with van der Waals surface area (Å²) in [6, 6.07) is 12.6. The predicted molar refractivity (Wildman–Crippen MR) is 98.3 cm³/mol. The maximum Gasteiger partial charge on any atom is 0.254 e. The van der Waals surface area contributed by atoms with Crippen molar-refractivity contribution in [2.45, 2.75) is 31.4 Å². The van der Waals surface area contributed by atoms with Gasteiger partial charge < -0.3 is 15.1 Å². The first-order valence-electron chi connectivity index (χ1n) is 8.49. The fraction of sp³-hybridized carbons (Fsp3) is 0.300. The Labute approximate surface area is 156 Å². The van der Waals surface area contributed by atoms with E-state index < -0.39 is 12.1 Å². The number of aryl methyl sites for hydroxylation is 1. The van der Waals surface area contributed by atoms with Crippen molar-refractivity contribution in [2.24, 2.45) is 0 Å². The molecular formula is C20H20ClNO4. The van der Waals surface area contributed by atoms with Crippen molar-refractivity contribution in [1.29, 1.82) is 0 Å². The van der Waals surface area contributed by atoms with Crippen LogP contribution in [0.15, 0.2) is 48.5 Å². The van der Waals surface area contributed by atoms with Crippen molar-refractivity contribution in [3.8, 4) is 5.75 Å². The van der Waals surface area contributed by atoms with Gasteiger partial charge in [0.2, 0.25) is 0 Å². The van der Waals surface area contributed by atoms with Crippen molar-refractivity contribution in [3.63, 3.8) is 0 Å². The summed E-state index contributed by atoms with van der Waals surface area (Å²) in [5, 5.41) is 20.2. The van der Waals surface area contributed by atoms with E-state index >= 15 is 0 Å². The number of carbonyl (C=O) groups excluding carboxylic acids is 2. The van der Waals surface area contributed by atoms with Crippen LogP contribution in [0.25, 0.3) is 0 Å². The van der Waals surface area contributed by atoms with Gasteiger partial charge in [-0.25, -0.2) is 0 Å². The number of hydrogen-bond donors (Lipinski definition) is 2. The standard InChI is InChI=1S/C20H20ClNO4/c21-15-7-4-13(5-8-15)6-9-19(25)18-11-17(24)12-22(18)20(26)14-2-1-3-16(23)10-14/h1-5,7-8,10,17-18,23-24H,6,9,11-12H2/t17-,18+/m1/s1. The van der Waals surface area contributed by atoms with Crippen LogP contribution in [0.5, 0.6) is 5.75 Å². The number of aliphatic hydroxyl groups excluding tert-OH is 1. The van der Waals surface area contributed by atoms with E-state index in [0.29, 0.717) is 17.0 Å². The molecule has 0 spiro atoms. The number of Topliss-reactive ketones (excluding diaryl/α,β-unsaturated/α-hetero) is 1. The smallest absolute Gasteiger partial charge is 0.254 e. The number of amides is 1. The van der Waals surface area contributed by atoms with E-state index in [-0.39, 0.29) is 36.8 Å². The Morgan fingerprint density at radius 2 is 1.88 bits per heavy atom. The lowest BCUT2D eigenvalue weighted by Gasteiger charge is -2.23.